The van der Waals surface area contributed by atoms with E-state index in [1.54, 1.807) is 0 Å². The fourth-order valence-electron chi connectivity index (χ4n) is 9.73. The van der Waals surface area contributed by atoms with E-state index in [1.165, 1.54) is 21.8 Å². The molecule has 10 aromatic carbocycles. The van der Waals surface area contributed by atoms with Gasteiger partial charge < -0.3 is 8.98 Å². The van der Waals surface area contributed by atoms with Crippen LogP contribution in [0.4, 0.5) is 0 Å². The third kappa shape index (κ3) is 6.93. The Morgan fingerprint density at radius 1 is 0.279 bits per heavy atom. The standard InChI is InChI=1S/C63H40N4O/c1-3-16-42(17-4-1)61-64-62(43-18-5-2-6-19-43)66-63(65-61)49-25-15-22-46(38-49)45-21-14-24-48(37-45)55-39-50(40-56-54-28-9-12-31-59(54)68-60(55)56)47-23-13-20-44(36-47)41-32-34-51(35-33-41)67-57-29-10-7-26-52(57)53-27-8-11-30-58(53)67/h1-40H. The number of nitrogens with zero attached hydrogens (tertiary/aromatic N) is 4. The van der Waals surface area contributed by atoms with Crippen LogP contribution in [0.5, 0.6) is 0 Å². The number of hydrogen-bond donors (Lipinski definition) is 0. The second-order valence-electron chi connectivity index (χ2n) is 17.2. The van der Waals surface area contributed by atoms with Gasteiger partial charge in [-0.25, -0.2) is 15.0 Å². The molecule has 0 aliphatic rings. The highest BCUT2D eigenvalue weighted by Gasteiger charge is 2.18. The lowest BCUT2D eigenvalue weighted by molar-refractivity contribution is 0.670. The molecule has 318 valence electrons. The fourth-order valence-corrected chi connectivity index (χ4v) is 9.73. The molecule has 68 heavy (non-hydrogen) atoms. The summed E-state index contributed by atoms with van der Waals surface area (Å²) in [7, 11) is 0. The Balaban J connectivity index is 0.882. The van der Waals surface area contributed by atoms with E-state index in [0.717, 1.165) is 88.8 Å². The van der Waals surface area contributed by atoms with E-state index in [2.05, 4.69) is 180 Å². The van der Waals surface area contributed by atoms with Crippen LogP contribution in [0.15, 0.2) is 247 Å². The Bertz CT molecular complexity index is 3910. The zero-order valence-electron chi connectivity index (χ0n) is 36.8. The van der Waals surface area contributed by atoms with Crippen molar-refractivity contribution in [1.29, 1.82) is 0 Å². The van der Waals surface area contributed by atoms with Gasteiger partial charge in [0, 0.05) is 49.5 Å². The minimum absolute atomic E-state index is 0.619. The Hall–Kier alpha value is -9.19. The van der Waals surface area contributed by atoms with Crippen LogP contribution in [0.25, 0.3) is 128 Å². The highest BCUT2D eigenvalue weighted by Crippen LogP contribution is 2.42. The first-order valence-corrected chi connectivity index (χ1v) is 22.9. The molecule has 5 nitrogen and oxygen atoms in total. The van der Waals surface area contributed by atoms with E-state index >= 15 is 0 Å². The van der Waals surface area contributed by atoms with Crippen molar-refractivity contribution in [2.75, 3.05) is 0 Å². The molecule has 0 unspecified atom stereocenters. The molecule has 13 rings (SSSR count). The number of benzene rings is 10. The van der Waals surface area contributed by atoms with E-state index < -0.39 is 0 Å². The fraction of sp³-hybridized carbons (Fsp3) is 0. The molecule has 0 aliphatic heterocycles. The zero-order chi connectivity index (χ0) is 45.0. The van der Waals surface area contributed by atoms with E-state index in [4.69, 9.17) is 19.4 Å². The average Bonchev–Trinajstić information content (AvgIpc) is 3.97. The SMILES string of the molecule is c1ccc(-c2nc(-c3ccccc3)nc(-c3cccc(-c4cccc(-c5cc(-c6cccc(-c7ccc(-n8c9ccccc9c9ccccc98)cc7)c6)cc6c5oc5ccccc56)c4)c3)n2)cc1. The van der Waals surface area contributed by atoms with Gasteiger partial charge in [-0.15, -0.1) is 0 Å². The molecule has 13 aromatic rings. The Morgan fingerprint density at radius 2 is 0.721 bits per heavy atom. The molecular weight excluding hydrogens is 829 g/mol. The lowest BCUT2D eigenvalue weighted by Gasteiger charge is -2.12. The molecule has 0 fully saturated rings. The van der Waals surface area contributed by atoms with E-state index in [-0.39, 0.29) is 0 Å². The first-order valence-electron chi connectivity index (χ1n) is 22.9. The second-order valence-corrected chi connectivity index (χ2v) is 17.2. The van der Waals surface area contributed by atoms with Gasteiger partial charge in [0.15, 0.2) is 17.5 Å². The molecule has 0 aliphatic carbocycles. The van der Waals surface area contributed by atoms with E-state index in [9.17, 15) is 0 Å². The molecule has 0 amide bonds. The molecule has 0 atom stereocenters. The summed E-state index contributed by atoms with van der Waals surface area (Å²) in [6.45, 7) is 0. The lowest BCUT2D eigenvalue weighted by Crippen LogP contribution is -2.00. The van der Waals surface area contributed by atoms with Crippen molar-refractivity contribution in [3.63, 3.8) is 0 Å². The van der Waals surface area contributed by atoms with Crippen LogP contribution in [-0.2, 0) is 0 Å². The van der Waals surface area contributed by atoms with Crippen LogP contribution in [0.2, 0.25) is 0 Å². The van der Waals surface area contributed by atoms with Gasteiger partial charge in [0.1, 0.15) is 11.2 Å². The second kappa shape index (κ2) is 16.4. The quantitative estimate of drug-likeness (QED) is 0.153. The first-order chi connectivity index (χ1) is 33.7. The summed E-state index contributed by atoms with van der Waals surface area (Å²) in [6.07, 6.45) is 0. The molecule has 0 bridgehead atoms. The number of rotatable bonds is 8. The molecule has 5 heteroatoms. The van der Waals surface area contributed by atoms with Crippen molar-refractivity contribution >= 4 is 43.7 Å². The van der Waals surface area contributed by atoms with Crippen LogP contribution in [0.1, 0.15) is 0 Å². The molecule has 0 N–H and O–H groups in total. The number of aromatic nitrogens is 4. The van der Waals surface area contributed by atoms with Crippen molar-refractivity contribution < 1.29 is 4.42 Å². The van der Waals surface area contributed by atoms with Crippen LogP contribution in [0, 0.1) is 0 Å². The van der Waals surface area contributed by atoms with E-state index in [1.807, 2.05) is 66.7 Å². The summed E-state index contributed by atoms with van der Waals surface area (Å²) >= 11 is 0. The first kappa shape index (κ1) is 39.2. The van der Waals surface area contributed by atoms with E-state index in [0.29, 0.717) is 17.5 Å². The maximum absolute atomic E-state index is 6.71. The van der Waals surface area contributed by atoms with Gasteiger partial charge in [0.25, 0.3) is 0 Å². The molecule has 3 aromatic heterocycles. The van der Waals surface area contributed by atoms with Gasteiger partial charge >= 0.3 is 0 Å². The highest BCUT2D eigenvalue weighted by atomic mass is 16.3. The maximum Gasteiger partial charge on any atom is 0.164 e. The average molecular weight is 869 g/mol. The van der Waals surface area contributed by atoms with Crippen molar-refractivity contribution in [2.24, 2.45) is 0 Å². The van der Waals surface area contributed by atoms with Crippen LogP contribution in [-0.4, -0.2) is 19.5 Å². The molecular formula is C63H40N4O. The summed E-state index contributed by atoms with van der Waals surface area (Å²) in [4.78, 5) is 14.9. The van der Waals surface area contributed by atoms with Gasteiger partial charge in [0.05, 0.1) is 11.0 Å². The topological polar surface area (TPSA) is 56.7 Å². The van der Waals surface area contributed by atoms with Crippen LogP contribution in [0.3, 0.4) is 0 Å². The number of fused-ring (bicyclic) bond motifs is 6. The molecule has 0 saturated heterocycles. The van der Waals surface area contributed by atoms with Gasteiger partial charge in [-0.05, 0) is 99.6 Å². The van der Waals surface area contributed by atoms with Gasteiger partial charge in [-0.1, -0.05) is 182 Å². The third-order valence-corrected chi connectivity index (χ3v) is 13.0. The summed E-state index contributed by atoms with van der Waals surface area (Å²) in [5, 5.41) is 4.69. The molecule has 0 saturated carbocycles. The number of para-hydroxylation sites is 3. The minimum Gasteiger partial charge on any atom is -0.455 e. The summed E-state index contributed by atoms with van der Waals surface area (Å²) in [6, 6.07) is 85.4. The predicted molar refractivity (Wildman–Crippen MR) is 279 cm³/mol. The lowest BCUT2D eigenvalue weighted by atomic mass is 9.92. The highest BCUT2D eigenvalue weighted by molar-refractivity contribution is 6.12. The molecule has 0 radical (unpaired) electrons. The molecule has 0 spiro atoms. The Kier molecular flexibility index (Phi) is 9.43. The van der Waals surface area contributed by atoms with Crippen molar-refractivity contribution in [3.05, 3.63) is 243 Å². The molecule has 3 heterocycles. The van der Waals surface area contributed by atoms with Crippen molar-refractivity contribution in [2.45, 2.75) is 0 Å². The maximum atomic E-state index is 6.71. The summed E-state index contributed by atoms with van der Waals surface area (Å²) in [5.41, 5.74) is 16.9. The predicted octanol–water partition coefficient (Wildman–Crippen LogP) is 16.5. The monoisotopic (exact) mass is 868 g/mol. The smallest absolute Gasteiger partial charge is 0.164 e. The van der Waals surface area contributed by atoms with Crippen molar-refractivity contribution in [3.8, 4) is 84.4 Å². The van der Waals surface area contributed by atoms with Gasteiger partial charge in [-0.3, -0.25) is 0 Å². The summed E-state index contributed by atoms with van der Waals surface area (Å²) < 4.78 is 9.07. The Labute approximate surface area is 392 Å². The third-order valence-electron chi connectivity index (χ3n) is 13.0. The zero-order valence-corrected chi connectivity index (χ0v) is 36.8. The number of hydrogen-bond acceptors (Lipinski definition) is 4. The van der Waals surface area contributed by atoms with Gasteiger partial charge in [0.2, 0.25) is 0 Å². The summed E-state index contributed by atoms with van der Waals surface area (Å²) in [5.74, 6) is 1.89. The minimum atomic E-state index is 0.619. The Morgan fingerprint density at radius 3 is 1.34 bits per heavy atom. The van der Waals surface area contributed by atoms with Crippen molar-refractivity contribution in [1.82, 2.24) is 19.5 Å². The number of furan rings is 1. The largest absolute Gasteiger partial charge is 0.455 e. The van der Waals surface area contributed by atoms with Crippen LogP contribution < -0.4 is 0 Å². The van der Waals surface area contributed by atoms with Crippen LogP contribution >= 0.6 is 0 Å². The van der Waals surface area contributed by atoms with Gasteiger partial charge in [-0.2, -0.15) is 0 Å². The normalized spacial score (nSPS) is 11.5.